The van der Waals surface area contributed by atoms with Gasteiger partial charge in [0.15, 0.2) is 5.82 Å². The first-order chi connectivity index (χ1) is 13.5. The number of aromatic nitrogens is 5. The smallest absolute Gasteiger partial charge is 0.226 e. The minimum absolute atomic E-state index is 0.174. The zero-order chi connectivity index (χ0) is 19.5. The Morgan fingerprint density at radius 1 is 0.964 bits per heavy atom. The van der Waals surface area contributed by atoms with Crippen LogP contribution in [0.1, 0.15) is 11.3 Å². The topological polar surface area (TPSA) is 115 Å². The zero-order valence-corrected chi connectivity index (χ0v) is 15.5. The summed E-state index contributed by atoms with van der Waals surface area (Å²) in [5, 5.41) is 11.6. The molecule has 0 saturated heterocycles. The van der Waals surface area contributed by atoms with Crippen molar-refractivity contribution in [3.05, 3.63) is 65.9 Å². The molecule has 0 unspecified atom stereocenters. The summed E-state index contributed by atoms with van der Waals surface area (Å²) in [4.78, 5) is 11.3. The molecule has 0 amide bonds. The van der Waals surface area contributed by atoms with Gasteiger partial charge in [0, 0.05) is 23.0 Å². The third-order valence-corrected chi connectivity index (χ3v) is 3.95. The first kappa shape index (κ1) is 17.5. The van der Waals surface area contributed by atoms with E-state index in [0.717, 1.165) is 22.5 Å². The van der Waals surface area contributed by atoms with Gasteiger partial charge in [-0.2, -0.15) is 4.98 Å². The van der Waals surface area contributed by atoms with E-state index in [-0.39, 0.29) is 5.95 Å². The lowest BCUT2D eigenvalue weighted by Gasteiger charge is -2.07. The third kappa shape index (κ3) is 4.07. The van der Waals surface area contributed by atoms with Gasteiger partial charge in [0.05, 0.1) is 0 Å². The molecule has 8 nitrogen and oxygen atoms in total. The van der Waals surface area contributed by atoms with Gasteiger partial charge in [-0.3, -0.25) is 0 Å². The van der Waals surface area contributed by atoms with Gasteiger partial charge >= 0.3 is 0 Å². The highest BCUT2D eigenvalue weighted by atomic mass is 16.5. The van der Waals surface area contributed by atoms with Crippen molar-refractivity contribution in [3.8, 4) is 23.0 Å². The average molecular weight is 373 g/mol. The Balaban J connectivity index is 1.54. The molecule has 0 spiro atoms. The van der Waals surface area contributed by atoms with Gasteiger partial charge in [-0.15, -0.1) is 10.2 Å². The number of nitrogens with one attached hydrogen (secondary N) is 2. The number of nitrogen functional groups attached to an aromatic ring is 1. The molecule has 0 bridgehead atoms. The maximum absolute atomic E-state index is 5.81. The normalized spacial score (nSPS) is 10.6. The van der Waals surface area contributed by atoms with Crippen molar-refractivity contribution in [2.75, 3.05) is 11.1 Å². The van der Waals surface area contributed by atoms with Crippen molar-refractivity contribution in [1.82, 2.24) is 25.1 Å². The highest BCUT2D eigenvalue weighted by Crippen LogP contribution is 2.26. The number of ether oxygens (including phenoxy) is 1. The highest BCUT2D eigenvalue weighted by Gasteiger charge is 2.08. The second-order valence-corrected chi connectivity index (χ2v) is 6.35. The number of rotatable bonds is 5. The quantitative estimate of drug-likeness (QED) is 0.484. The van der Waals surface area contributed by atoms with Crippen molar-refractivity contribution in [2.45, 2.75) is 13.8 Å². The van der Waals surface area contributed by atoms with Crippen LogP contribution < -0.4 is 15.8 Å². The Morgan fingerprint density at radius 3 is 2.64 bits per heavy atom. The molecule has 4 aromatic rings. The molecule has 8 heteroatoms. The van der Waals surface area contributed by atoms with Crippen LogP contribution in [0.4, 0.5) is 17.6 Å². The van der Waals surface area contributed by atoms with Crippen LogP contribution in [0.25, 0.3) is 11.4 Å². The summed E-state index contributed by atoms with van der Waals surface area (Å²) in [5.41, 5.74) is 9.35. The largest absolute Gasteiger partial charge is 0.439 e. The fraction of sp³-hybridized carbons (Fsp3) is 0.100. The van der Waals surface area contributed by atoms with E-state index < -0.39 is 0 Å². The van der Waals surface area contributed by atoms with E-state index in [1.807, 2.05) is 62.4 Å². The zero-order valence-electron chi connectivity index (χ0n) is 15.5. The van der Waals surface area contributed by atoms with E-state index in [0.29, 0.717) is 23.4 Å². The van der Waals surface area contributed by atoms with Gasteiger partial charge in [0.25, 0.3) is 0 Å². The Bertz CT molecular complexity index is 1100. The molecule has 0 aliphatic rings. The van der Waals surface area contributed by atoms with Crippen molar-refractivity contribution >= 4 is 17.6 Å². The van der Waals surface area contributed by atoms with E-state index in [9.17, 15) is 0 Å². The Kier molecular flexibility index (Phi) is 4.59. The van der Waals surface area contributed by atoms with Crippen LogP contribution in [0, 0.1) is 13.8 Å². The summed E-state index contributed by atoms with van der Waals surface area (Å²) in [6.45, 7) is 3.87. The summed E-state index contributed by atoms with van der Waals surface area (Å²) < 4.78 is 5.81. The molecular formula is C20H19N7O. The number of benzene rings is 2. The van der Waals surface area contributed by atoms with E-state index in [1.165, 1.54) is 0 Å². The molecule has 4 rings (SSSR count). The maximum atomic E-state index is 5.81. The second kappa shape index (κ2) is 7.36. The number of H-pyrrole nitrogens is 1. The number of anilines is 3. The molecule has 2 heterocycles. The van der Waals surface area contributed by atoms with Crippen LogP contribution in [0.3, 0.4) is 0 Å². The summed E-state index contributed by atoms with van der Waals surface area (Å²) >= 11 is 0. The minimum atomic E-state index is 0.174. The molecule has 0 fully saturated rings. The highest BCUT2D eigenvalue weighted by molar-refractivity contribution is 5.61. The van der Waals surface area contributed by atoms with Crippen molar-refractivity contribution in [2.24, 2.45) is 0 Å². The number of nitrogens with zero attached hydrogens (tertiary/aromatic N) is 4. The third-order valence-electron chi connectivity index (χ3n) is 3.95. The monoisotopic (exact) mass is 373 g/mol. The molecule has 0 aliphatic carbocycles. The lowest BCUT2D eigenvalue weighted by molar-refractivity contribution is 0.462. The first-order valence-electron chi connectivity index (χ1n) is 8.71. The van der Waals surface area contributed by atoms with Gasteiger partial charge < -0.3 is 20.8 Å². The Morgan fingerprint density at radius 2 is 1.82 bits per heavy atom. The van der Waals surface area contributed by atoms with Gasteiger partial charge in [-0.1, -0.05) is 24.3 Å². The van der Waals surface area contributed by atoms with Crippen LogP contribution in [0.2, 0.25) is 0 Å². The van der Waals surface area contributed by atoms with Gasteiger partial charge in [0.1, 0.15) is 5.75 Å². The number of aromatic amines is 1. The Labute approximate surface area is 161 Å². The summed E-state index contributed by atoms with van der Waals surface area (Å²) in [6.07, 6.45) is 0. The standard InChI is InChI=1S/C20H19N7O/c1-12-5-3-7-15(9-12)23-20-25-18(26-27-20)14-6-4-8-16(11-14)28-17-10-13(2)22-19(21)24-17/h3-11H,1-2H3,(H2,21,22,24)(H2,23,25,26,27). The van der Waals surface area contributed by atoms with E-state index in [1.54, 1.807) is 6.07 Å². The van der Waals surface area contributed by atoms with Gasteiger partial charge in [-0.25, -0.2) is 4.98 Å². The van der Waals surface area contributed by atoms with E-state index in [4.69, 9.17) is 10.5 Å². The van der Waals surface area contributed by atoms with Gasteiger partial charge in [-0.05, 0) is 43.7 Å². The summed E-state index contributed by atoms with van der Waals surface area (Å²) in [7, 11) is 0. The van der Waals surface area contributed by atoms with Crippen LogP contribution in [-0.2, 0) is 0 Å². The van der Waals surface area contributed by atoms with Gasteiger partial charge in [0.2, 0.25) is 17.8 Å². The van der Waals surface area contributed by atoms with Crippen LogP contribution in [0.5, 0.6) is 11.6 Å². The van der Waals surface area contributed by atoms with Crippen LogP contribution in [-0.4, -0.2) is 25.1 Å². The predicted octanol–water partition coefficient (Wildman–Crippen LogP) is 4.00. The van der Waals surface area contributed by atoms with Crippen molar-refractivity contribution in [3.63, 3.8) is 0 Å². The second-order valence-electron chi connectivity index (χ2n) is 6.35. The Hall–Kier alpha value is -3.94. The van der Waals surface area contributed by atoms with Crippen molar-refractivity contribution in [1.29, 1.82) is 0 Å². The lowest BCUT2D eigenvalue weighted by atomic mass is 10.2. The molecule has 4 N–H and O–H groups in total. The fourth-order valence-electron chi connectivity index (χ4n) is 2.75. The van der Waals surface area contributed by atoms with E-state index >= 15 is 0 Å². The fourth-order valence-corrected chi connectivity index (χ4v) is 2.75. The van der Waals surface area contributed by atoms with E-state index in [2.05, 4.69) is 30.5 Å². The molecule has 0 saturated carbocycles. The number of nitrogens with two attached hydrogens (primary N) is 1. The summed E-state index contributed by atoms with van der Waals surface area (Å²) in [6, 6.07) is 17.2. The first-order valence-corrected chi connectivity index (χ1v) is 8.71. The SMILES string of the molecule is Cc1cccc(Nc2nnc(-c3cccc(Oc4cc(C)nc(N)n4)c3)[nH]2)c1. The number of hydrogen-bond donors (Lipinski definition) is 3. The lowest BCUT2D eigenvalue weighted by Crippen LogP contribution is -1.98. The number of aryl methyl sites for hydroxylation is 2. The molecule has 0 atom stereocenters. The molecular weight excluding hydrogens is 354 g/mol. The van der Waals surface area contributed by atoms with Crippen LogP contribution >= 0.6 is 0 Å². The van der Waals surface area contributed by atoms with Crippen molar-refractivity contribution < 1.29 is 4.74 Å². The molecule has 2 aromatic heterocycles. The molecule has 0 radical (unpaired) electrons. The summed E-state index contributed by atoms with van der Waals surface area (Å²) in [5.74, 6) is 2.36. The molecule has 0 aliphatic heterocycles. The van der Waals surface area contributed by atoms with Crippen LogP contribution in [0.15, 0.2) is 54.6 Å². The molecule has 140 valence electrons. The molecule has 2 aromatic carbocycles. The number of hydrogen-bond acceptors (Lipinski definition) is 7. The average Bonchev–Trinajstić information content (AvgIpc) is 3.09. The maximum Gasteiger partial charge on any atom is 0.226 e. The predicted molar refractivity (Wildman–Crippen MR) is 108 cm³/mol. The minimum Gasteiger partial charge on any atom is -0.439 e. The molecule has 28 heavy (non-hydrogen) atoms.